The minimum atomic E-state index is 0.193. The van der Waals surface area contributed by atoms with Gasteiger partial charge in [0.2, 0.25) is 11.8 Å². The minimum Gasteiger partial charge on any atom is -0.481 e. The maximum atomic E-state index is 5.87. The van der Waals surface area contributed by atoms with Gasteiger partial charge in [-0.3, -0.25) is 15.0 Å². The fourth-order valence-electron chi connectivity index (χ4n) is 3.12. The van der Waals surface area contributed by atoms with Gasteiger partial charge in [0.1, 0.15) is 35.4 Å². The zero-order chi connectivity index (χ0) is 24.5. The molecule has 13 nitrogen and oxygen atoms in total. The van der Waals surface area contributed by atoms with Gasteiger partial charge in [0.15, 0.2) is 5.82 Å². The normalized spacial score (nSPS) is 13.2. The highest BCUT2D eigenvalue weighted by atomic mass is 16.5. The van der Waals surface area contributed by atoms with Crippen molar-refractivity contribution in [1.82, 2.24) is 30.5 Å². The van der Waals surface area contributed by atoms with Gasteiger partial charge in [-0.25, -0.2) is 15.1 Å². The summed E-state index contributed by atoms with van der Waals surface area (Å²) in [5.41, 5.74) is 10.6. The van der Waals surface area contributed by atoms with Crippen LogP contribution in [0.1, 0.15) is 12.5 Å². The van der Waals surface area contributed by atoms with E-state index in [0.717, 1.165) is 11.1 Å². The van der Waals surface area contributed by atoms with Crippen molar-refractivity contribution in [2.75, 3.05) is 33.3 Å². The molecule has 0 saturated heterocycles. The Morgan fingerprint density at radius 2 is 2.15 bits per heavy atom. The fourth-order valence-corrected chi connectivity index (χ4v) is 3.12. The van der Waals surface area contributed by atoms with Crippen LogP contribution in [-0.4, -0.2) is 71.7 Å². The number of nitrogens with two attached hydrogens (primary N) is 1. The number of fused-ring (bicyclic) bond motifs is 1. The Morgan fingerprint density at radius 1 is 1.32 bits per heavy atom. The summed E-state index contributed by atoms with van der Waals surface area (Å²) in [6.45, 7) is 5.63. The molecule has 3 rings (SSSR count). The highest BCUT2D eigenvalue weighted by Crippen LogP contribution is 2.29. The van der Waals surface area contributed by atoms with E-state index < -0.39 is 0 Å². The highest BCUT2D eigenvalue weighted by molar-refractivity contribution is 6.19. The van der Waals surface area contributed by atoms with Gasteiger partial charge in [-0.2, -0.15) is 5.10 Å². The molecule has 0 aliphatic heterocycles. The predicted octanol–water partition coefficient (Wildman–Crippen LogP) is 1.85. The average molecular weight is 466 g/mol. The Kier molecular flexibility index (Phi) is 7.94. The van der Waals surface area contributed by atoms with E-state index in [9.17, 15) is 0 Å². The molecule has 0 bridgehead atoms. The number of nitrogens with zero attached hydrogens (tertiary/aromatic N) is 6. The van der Waals surface area contributed by atoms with Crippen LogP contribution in [0.15, 0.2) is 57.1 Å². The second-order valence-corrected chi connectivity index (χ2v) is 6.80. The second kappa shape index (κ2) is 11.3. The first-order chi connectivity index (χ1) is 16.5. The van der Waals surface area contributed by atoms with Gasteiger partial charge in [-0.15, -0.1) is 0 Å². The number of anilines is 2. The SMILES string of the molecule is C=N/C=C(/C)C(=NCNC(C=NC)=C(N)OC)c1c[nH]c2c(Nc3cn[nH]c3OC)ncnc12. The van der Waals surface area contributed by atoms with Crippen LogP contribution in [0.5, 0.6) is 5.88 Å². The van der Waals surface area contributed by atoms with E-state index >= 15 is 0 Å². The molecule has 0 fully saturated rings. The molecule has 3 heterocycles. The quantitative estimate of drug-likeness (QED) is 0.210. The number of aromatic nitrogens is 5. The van der Waals surface area contributed by atoms with Crippen LogP contribution in [0, 0.1) is 0 Å². The maximum absolute atomic E-state index is 5.87. The van der Waals surface area contributed by atoms with Crippen molar-refractivity contribution >= 4 is 41.2 Å². The maximum Gasteiger partial charge on any atom is 0.233 e. The molecule has 0 aliphatic carbocycles. The van der Waals surface area contributed by atoms with Crippen LogP contribution in [0.4, 0.5) is 11.5 Å². The summed E-state index contributed by atoms with van der Waals surface area (Å²) in [6.07, 6.45) is 8.07. The third-order valence-electron chi connectivity index (χ3n) is 4.69. The van der Waals surface area contributed by atoms with E-state index in [1.807, 2.05) is 13.1 Å². The van der Waals surface area contributed by atoms with E-state index in [0.29, 0.717) is 39.8 Å². The van der Waals surface area contributed by atoms with Crippen LogP contribution in [0.3, 0.4) is 0 Å². The van der Waals surface area contributed by atoms with Gasteiger partial charge < -0.3 is 30.8 Å². The lowest BCUT2D eigenvalue weighted by Gasteiger charge is -2.10. The molecule has 34 heavy (non-hydrogen) atoms. The first-order valence-corrected chi connectivity index (χ1v) is 10.1. The molecule has 3 aromatic rings. The lowest BCUT2D eigenvalue weighted by molar-refractivity contribution is 0.282. The van der Waals surface area contributed by atoms with E-state index in [4.69, 9.17) is 20.2 Å². The van der Waals surface area contributed by atoms with E-state index in [-0.39, 0.29) is 12.6 Å². The zero-order valence-corrected chi connectivity index (χ0v) is 19.4. The summed E-state index contributed by atoms with van der Waals surface area (Å²) in [4.78, 5) is 24.6. The third kappa shape index (κ3) is 5.20. The number of aliphatic imine (C=N–C) groups is 3. The zero-order valence-electron chi connectivity index (χ0n) is 19.4. The Labute approximate surface area is 196 Å². The molecule has 0 atom stereocenters. The predicted molar refractivity (Wildman–Crippen MR) is 133 cm³/mol. The van der Waals surface area contributed by atoms with Gasteiger partial charge >= 0.3 is 0 Å². The molecule has 0 aromatic carbocycles. The van der Waals surface area contributed by atoms with Crippen LogP contribution < -0.4 is 21.1 Å². The van der Waals surface area contributed by atoms with Gasteiger partial charge in [0.05, 0.1) is 26.1 Å². The van der Waals surface area contributed by atoms with Gasteiger partial charge in [-0.1, -0.05) is 0 Å². The Bertz CT molecular complexity index is 1270. The lowest BCUT2D eigenvalue weighted by Crippen LogP contribution is -2.21. The Morgan fingerprint density at radius 3 is 2.85 bits per heavy atom. The van der Waals surface area contributed by atoms with Crippen molar-refractivity contribution in [3.8, 4) is 5.88 Å². The molecule has 6 N–H and O–H groups in total. The number of ether oxygens (including phenoxy) is 2. The average Bonchev–Trinajstić information content (AvgIpc) is 3.48. The molecule has 0 spiro atoms. The summed E-state index contributed by atoms with van der Waals surface area (Å²) in [6, 6.07) is 0. The topological polar surface area (TPSA) is 176 Å². The van der Waals surface area contributed by atoms with Crippen molar-refractivity contribution in [2.24, 2.45) is 20.7 Å². The molecule has 3 aromatic heterocycles. The van der Waals surface area contributed by atoms with Crippen molar-refractivity contribution in [3.05, 3.63) is 47.6 Å². The van der Waals surface area contributed by atoms with Gasteiger partial charge in [0.25, 0.3) is 0 Å². The van der Waals surface area contributed by atoms with E-state index in [1.54, 1.807) is 32.8 Å². The van der Waals surface area contributed by atoms with Gasteiger partial charge in [0, 0.05) is 31.2 Å². The summed E-state index contributed by atoms with van der Waals surface area (Å²) >= 11 is 0. The fraction of sp³-hybridized carbons (Fsp3) is 0.238. The van der Waals surface area contributed by atoms with Crippen molar-refractivity contribution in [2.45, 2.75) is 6.92 Å². The van der Waals surface area contributed by atoms with Crippen molar-refractivity contribution in [3.63, 3.8) is 0 Å². The van der Waals surface area contributed by atoms with Crippen molar-refractivity contribution < 1.29 is 9.47 Å². The summed E-state index contributed by atoms with van der Waals surface area (Å²) in [5.74, 6) is 1.24. The number of H-pyrrole nitrogens is 2. The molecular formula is C21H27N11O2. The van der Waals surface area contributed by atoms with Crippen LogP contribution in [0.25, 0.3) is 11.0 Å². The number of methoxy groups -OCH3 is 2. The molecule has 0 amide bonds. The second-order valence-electron chi connectivity index (χ2n) is 6.80. The van der Waals surface area contributed by atoms with Crippen molar-refractivity contribution in [1.29, 1.82) is 0 Å². The number of rotatable bonds is 11. The van der Waals surface area contributed by atoms with Crippen LogP contribution in [0.2, 0.25) is 0 Å². The third-order valence-corrected chi connectivity index (χ3v) is 4.69. The largest absolute Gasteiger partial charge is 0.481 e. The summed E-state index contributed by atoms with van der Waals surface area (Å²) in [5, 5.41) is 13.0. The van der Waals surface area contributed by atoms with Crippen LogP contribution in [-0.2, 0) is 4.74 Å². The molecule has 13 heteroatoms. The van der Waals surface area contributed by atoms with Crippen LogP contribution >= 0.6 is 0 Å². The Hall–Kier alpha value is -4.68. The van der Waals surface area contributed by atoms with Gasteiger partial charge in [-0.05, 0) is 19.2 Å². The summed E-state index contributed by atoms with van der Waals surface area (Å²) < 4.78 is 10.3. The lowest BCUT2D eigenvalue weighted by atomic mass is 10.1. The first kappa shape index (κ1) is 24.0. The first-order valence-electron chi connectivity index (χ1n) is 10.1. The molecule has 0 saturated carbocycles. The standard InChI is InChI=1S/C21H27N11O2/c1-12(6-23-2)16(27-10-26-14(8-24-3)19(22)33-4)13-7-25-18-17(13)28-11-29-20(18)31-15-9-30-32-21(15)34-5/h6-9,11,25-26H,2,10,22H2,1,3-5H3,(H,30,32)(H,28,29,31)/b12-6-,19-14?,24-8?,27-16?. The summed E-state index contributed by atoms with van der Waals surface area (Å²) in [7, 11) is 4.67. The molecule has 178 valence electrons. The van der Waals surface area contributed by atoms with E-state index in [1.165, 1.54) is 13.4 Å². The number of hydrogen-bond acceptors (Lipinski definition) is 11. The monoisotopic (exact) mass is 465 g/mol. The molecule has 0 aliphatic rings. The number of aromatic amines is 2. The Balaban J connectivity index is 1.99. The molecule has 0 unspecified atom stereocenters. The molecular weight excluding hydrogens is 438 g/mol. The number of hydrogen-bond donors (Lipinski definition) is 5. The smallest absolute Gasteiger partial charge is 0.233 e. The number of nitrogens with one attached hydrogen (secondary N) is 4. The highest BCUT2D eigenvalue weighted by Gasteiger charge is 2.17. The number of allylic oxidation sites excluding steroid dienone is 2. The van der Waals surface area contributed by atoms with E-state index in [2.05, 4.69) is 52.5 Å². The molecule has 0 radical (unpaired) electrons. The minimum absolute atomic E-state index is 0.193.